The van der Waals surface area contributed by atoms with E-state index in [1.807, 2.05) is 31.2 Å². The highest BCUT2D eigenvalue weighted by atomic mass is 32.1. The fraction of sp³-hybridized carbons (Fsp3) is 0.348. The predicted octanol–water partition coefficient (Wildman–Crippen LogP) is 6.34. The summed E-state index contributed by atoms with van der Waals surface area (Å²) in [5.41, 5.74) is 9.01. The van der Waals surface area contributed by atoms with Crippen molar-refractivity contribution in [1.82, 2.24) is 0 Å². The van der Waals surface area contributed by atoms with Gasteiger partial charge in [0.1, 0.15) is 11.5 Å². The first kappa shape index (κ1) is 19.6. The van der Waals surface area contributed by atoms with E-state index in [1.54, 1.807) is 7.11 Å². The summed E-state index contributed by atoms with van der Waals surface area (Å²) < 4.78 is 12.3. The lowest BCUT2D eigenvalue weighted by Crippen LogP contribution is -2.05. The Labute approximate surface area is 174 Å². The van der Waals surface area contributed by atoms with E-state index >= 15 is 0 Å². The number of nitrogens with two attached hydrogens (primary N) is 1. The Kier molecular flexibility index (Phi) is 5.37. The molecule has 0 bridgehead atoms. The molecule has 4 rings (SSSR count). The van der Waals surface area contributed by atoms with Gasteiger partial charge >= 0.3 is 5.97 Å². The lowest BCUT2D eigenvalue weighted by Gasteiger charge is -2.22. The van der Waals surface area contributed by atoms with Crippen LogP contribution in [0, 0.1) is 6.92 Å². The number of thiophene rings is 1. The number of benzene rings is 2. The van der Waals surface area contributed by atoms with Gasteiger partial charge in [0.15, 0.2) is 10.6 Å². The summed E-state index contributed by atoms with van der Waals surface area (Å²) in [6.07, 6.45) is 6.20. The summed E-state index contributed by atoms with van der Waals surface area (Å²) in [5, 5.41) is 10.4. The molecule has 0 amide bonds. The Morgan fingerprint density at radius 3 is 2.55 bits per heavy atom. The predicted molar refractivity (Wildman–Crippen MR) is 117 cm³/mol. The summed E-state index contributed by atoms with van der Waals surface area (Å²) in [6, 6.07) is 9.65. The number of nitrogen functional groups attached to an aromatic ring is 1. The van der Waals surface area contributed by atoms with Crippen molar-refractivity contribution in [1.29, 1.82) is 0 Å². The third-order valence-electron chi connectivity index (χ3n) is 5.68. The number of aromatic carboxylic acids is 1. The van der Waals surface area contributed by atoms with Gasteiger partial charge in [-0.1, -0.05) is 25.3 Å². The Morgan fingerprint density at radius 1 is 1.14 bits per heavy atom. The van der Waals surface area contributed by atoms with Crippen molar-refractivity contribution < 1.29 is 19.4 Å². The SMILES string of the molecule is COc1cc2c(Oc3ccc(C4CCCCC4)cc3N)c(C(=O)O)sc2cc1C. The van der Waals surface area contributed by atoms with Gasteiger partial charge in [-0.3, -0.25) is 0 Å². The molecule has 1 fully saturated rings. The molecular weight excluding hydrogens is 386 g/mol. The highest BCUT2D eigenvalue weighted by Gasteiger charge is 2.23. The molecular formula is C23H25NO4S. The summed E-state index contributed by atoms with van der Waals surface area (Å²) >= 11 is 1.20. The smallest absolute Gasteiger partial charge is 0.349 e. The van der Waals surface area contributed by atoms with E-state index in [4.69, 9.17) is 15.2 Å². The highest BCUT2D eigenvalue weighted by Crippen LogP contribution is 2.44. The number of methoxy groups -OCH3 is 1. The van der Waals surface area contributed by atoms with E-state index in [1.165, 1.54) is 49.0 Å². The zero-order chi connectivity index (χ0) is 20.5. The summed E-state index contributed by atoms with van der Waals surface area (Å²) in [5.74, 6) is 1.01. The maximum atomic E-state index is 11.8. The highest BCUT2D eigenvalue weighted by molar-refractivity contribution is 7.21. The van der Waals surface area contributed by atoms with Crippen LogP contribution in [0.2, 0.25) is 0 Å². The van der Waals surface area contributed by atoms with Gasteiger partial charge in [0.25, 0.3) is 0 Å². The molecule has 1 aromatic heterocycles. The molecule has 1 saturated carbocycles. The van der Waals surface area contributed by atoms with Gasteiger partial charge in [-0.05, 0) is 61.1 Å². The summed E-state index contributed by atoms with van der Waals surface area (Å²) in [7, 11) is 1.60. The van der Waals surface area contributed by atoms with Gasteiger partial charge in [-0.2, -0.15) is 0 Å². The molecule has 0 spiro atoms. The first-order chi connectivity index (χ1) is 14.0. The quantitative estimate of drug-likeness (QED) is 0.479. The van der Waals surface area contributed by atoms with Crippen LogP contribution < -0.4 is 15.2 Å². The fourth-order valence-corrected chi connectivity index (χ4v) is 5.17. The van der Waals surface area contributed by atoms with Gasteiger partial charge in [-0.25, -0.2) is 4.79 Å². The van der Waals surface area contributed by atoms with Gasteiger partial charge in [0.05, 0.1) is 12.8 Å². The monoisotopic (exact) mass is 411 g/mol. The fourth-order valence-electron chi connectivity index (χ4n) is 4.12. The normalized spacial score (nSPS) is 14.8. The van der Waals surface area contributed by atoms with Crippen molar-refractivity contribution in [2.75, 3.05) is 12.8 Å². The minimum atomic E-state index is -1.02. The zero-order valence-electron chi connectivity index (χ0n) is 16.7. The summed E-state index contributed by atoms with van der Waals surface area (Å²) in [4.78, 5) is 12.0. The Balaban J connectivity index is 1.73. The van der Waals surface area contributed by atoms with E-state index in [0.29, 0.717) is 34.2 Å². The maximum Gasteiger partial charge on any atom is 0.349 e. The van der Waals surface area contributed by atoms with Crippen molar-refractivity contribution in [2.24, 2.45) is 0 Å². The molecule has 29 heavy (non-hydrogen) atoms. The second-order valence-corrected chi connectivity index (χ2v) is 8.67. The molecule has 3 N–H and O–H groups in total. The molecule has 2 aromatic carbocycles. The third kappa shape index (κ3) is 3.77. The molecule has 3 aromatic rings. The van der Waals surface area contributed by atoms with Crippen LogP contribution in [0.25, 0.3) is 10.1 Å². The topological polar surface area (TPSA) is 81.8 Å². The second-order valence-electron chi connectivity index (χ2n) is 7.62. The summed E-state index contributed by atoms with van der Waals surface area (Å²) in [6.45, 7) is 1.93. The second kappa shape index (κ2) is 7.95. The molecule has 1 heterocycles. The van der Waals surface area contributed by atoms with Gasteiger partial charge in [0.2, 0.25) is 0 Å². The van der Waals surface area contributed by atoms with Crippen LogP contribution >= 0.6 is 11.3 Å². The molecule has 0 unspecified atom stereocenters. The minimum absolute atomic E-state index is 0.156. The van der Waals surface area contributed by atoms with Gasteiger partial charge < -0.3 is 20.3 Å². The molecule has 1 aliphatic carbocycles. The van der Waals surface area contributed by atoms with Crippen molar-refractivity contribution in [2.45, 2.75) is 44.9 Å². The number of carboxylic acids is 1. The van der Waals surface area contributed by atoms with Crippen LogP contribution in [0.5, 0.6) is 17.2 Å². The molecule has 5 nitrogen and oxygen atoms in total. The Bertz CT molecular complexity index is 1070. The van der Waals surface area contributed by atoms with Crippen molar-refractivity contribution in [3.05, 3.63) is 46.3 Å². The van der Waals surface area contributed by atoms with Crippen LogP contribution in [0.15, 0.2) is 30.3 Å². The third-order valence-corrected chi connectivity index (χ3v) is 6.80. The van der Waals surface area contributed by atoms with Crippen molar-refractivity contribution >= 4 is 33.1 Å². The molecule has 1 aliphatic rings. The number of carbonyl (C=O) groups is 1. The van der Waals surface area contributed by atoms with Gasteiger partial charge in [0, 0.05) is 10.1 Å². The van der Waals surface area contributed by atoms with Crippen LogP contribution in [0.3, 0.4) is 0 Å². The number of anilines is 1. The van der Waals surface area contributed by atoms with E-state index in [0.717, 1.165) is 10.3 Å². The molecule has 0 atom stereocenters. The molecule has 0 radical (unpaired) electrons. The number of aryl methyl sites for hydroxylation is 1. The average Bonchev–Trinajstić information content (AvgIpc) is 3.06. The lowest BCUT2D eigenvalue weighted by molar-refractivity contribution is 0.0700. The maximum absolute atomic E-state index is 11.8. The van der Waals surface area contributed by atoms with Crippen molar-refractivity contribution in [3.8, 4) is 17.2 Å². The molecule has 0 aliphatic heterocycles. The number of fused-ring (bicyclic) bond motifs is 1. The number of rotatable bonds is 5. The molecule has 0 saturated heterocycles. The number of carboxylic acid groups (broad SMARTS) is 1. The Morgan fingerprint density at radius 2 is 1.90 bits per heavy atom. The van der Waals surface area contributed by atoms with E-state index < -0.39 is 5.97 Å². The van der Waals surface area contributed by atoms with Gasteiger partial charge in [-0.15, -0.1) is 11.3 Å². The van der Waals surface area contributed by atoms with Crippen LogP contribution in [0.4, 0.5) is 5.69 Å². The Hall–Kier alpha value is -2.73. The van der Waals surface area contributed by atoms with E-state index in [-0.39, 0.29) is 4.88 Å². The van der Waals surface area contributed by atoms with Crippen molar-refractivity contribution in [3.63, 3.8) is 0 Å². The first-order valence-corrected chi connectivity index (χ1v) is 10.7. The van der Waals surface area contributed by atoms with E-state index in [2.05, 4.69) is 6.07 Å². The van der Waals surface area contributed by atoms with Crippen LogP contribution in [-0.4, -0.2) is 18.2 Å². The van der Waals surface area contributed by atoms with Crippen LogP contribution in [0.1, 0.15) is 58.8 Å². The van der Waals surface area contributed by atoms with E-state index in [9.17, 15) is 9.90 Å². The minimum Gasteiger partial charge on any atom is -0.496 e. The molecule has 152 valence electrons. The zero-order valence-corrected chi connectivity index (χ0v) is 17.5. The lowest BCUT2D eigenvalue weighted by atomic mass is 9.84. The first-order valence-electron chi connectivity index (χ1n) is 9.89. The number of hydrogen-bond donors (Lipinski definition) is 2. The number of ether oxygens (including phenoxy) is 2. The largest absolute Gasteiger partial charge is 0.496 e. The standard InChI is InChI=1S/C23H25NO4S/c1-13-10-20-16(12-19(13)27-2)21(22(29-20)23(25)26)28-18-9-8-15(11-17(18)24)14-6-4-3-5-7-14/h8-12,14H,3-7,24H2,1-2H3,(H,25,26). The average molecular weight is 412 g/mol. The molecule has 6 heteroatoms. The van der Waals surface area contributed by atoms with Crippen LogP contribution in [-0.2, 0) is 0 Å². The number of hydrogen-bond acceptors (Lipinski definition) is 5.